The molecule has 0 saturated carbocycles. The molecule has 2 N–H and O–H groups in total. The van der Waals surface area contributed by atoms with Crippen molar-refractivity contribution >= 4 is 5.97 Å². The minimum absolute atomic E-state index is 0.153. The van der Waals surface area contributed by atoms with Crippen molar-refractivity contribution in [3.8, 4) is 0 Å². The second kappa shape index (κ2) is 7.63. The number of hydrogen-bond donors (Lipinski definition) is 2. The number of aliphatic hydroxyl groups is 1. The Labute approximate surface area is 98.4 Å². The van der Waals surface area contributed by atoms with Gasteiger partial charge in [0.2, 0.25) is 0 Å². The average molecular weight is 231 g/mol. The molecule has 4 nitrogen and oxygen atoms in total. The Morgan fingerprint density at radius 3 is 2.62 bits per heavy atom. The lowest BCUT2D eigenvalue weighted by atomic mass is 9.92. The van der Waals surface area contributed by atoms with Gasteiger partial charge in [-0.15, -0.1) is 0 Å². The number of hydrogen-bond acceptors (Lipinski definition) is 4. The number of nitrogens with one attached hydrogen (secondary N) is 1. The third-order valence-corrected chi connectivity index (χ3v) is 2.77. The minimum Gasteiger partial charge on any atom is -0.466 e. The van der Waals surface area contributed by atoms with Crippen LogP contribution in [0.4, 0.5) is 0 Å². The first-order valence-electron chi connectivity index (χ1n) is 5.99. The van der Waals surface area contributed by atoms with E-state index in [0.717, 1.165) is 13.0 Å². The quantitative estimate of drug-likeness (QED) is 0.489. The van der Waals surface area contributed by atoms with Gasteiger partial charge in [0, 0.05) is 13.0 Å². The summed E-state index contributed by atoms with van der Waals surface area (Å²) < 4.78 is 4.81. The maximum absolute atomic E-state index is 11.0. The molecule has 0 rings (SSSR count). The Morgan fingerprint density at radius 2 is 2.12 bits per heavy atom. The van der Waals surface area contributed by atoms with Crippen molar-refractivity contribution in [2.45, 2.75) is 46.1 Å². The first-order chi connectivity index (χ1) is 7.40. The number of esters is 1. The van der Waals surface area contributed by atoms with Crippen LogP contribution in [0.5, 0.6) is 0 Å². The standard InChI is InChI=1S/C12H25NO3/c1-5-16-11(14)7-6-8-13-9-12(4,15)10(2)3/h10,13,15H,5-9H2,1-4H3. The van der Waals surface area contributed by atoms with E-state index in [2.05, 4.69) is 5.32 Å². The Kier molecular flexibility index (Phi) is 7.34. The van der Waals surface area contributed by atoms with Gasteiger partial charge in [-0.3, -0.25) is 4.79 Å². The molecule has 4 heteroatoms. The van der Waals surface area contributed by atoms with Crippen LogP contribution in [0.1, 0.15) is 40.5 Å². The second-order valence-corrected chi connectivity index (χ2v) is 4.60. The van der Waals surface area contributed by atoms with E-state index in [-0.39, 0.29) is 11.9 Å². The largest absolute Gasteiger partial charge is 0.466 e. The van der Waals surface area contributed by atoms with Crippen LogP contribution >= 0.6 is 0 Å². The molecule has 0 aliphatic heterocycles. The van der Waals surface area contributed by atoms with Gasteiger partial charge in [-0.25, -0.2) is 0 Å². The Bertz CT molecular complexity index is 202. The molecule has 0 amide bonds. The topological polar surface area (TPSA) is 58.6 Å². The van der Waals surface area contributed by atoms with E-state index in [0.29, 0.717) is 19.6 Å². The summed E-state index contributed by atoms with van der Waals surface area (Å²) in [5, 5.41) is 13.1. The molecule has 0 aromatic carbocycles. The highest BCUT2D eigenvalue weighted by molar-refractivity contribution is 5.69. The normalized spacial score (nSPS) is 14.9. The summed E-state index contributed by atoms with van der Waals surface area (Å²) in [5.74, 6) is 0.0602. The molecular weight excluding hydrogens is 206 g/mol. The third kappa shape index (κ3) is 6.80. The van der Waals surface area contributed by atoms with Gasteiger partial charge in [-0.2, -0.15) is 0 Å². The first-order valence-corrected chi connectivity index (χ1v) is 5.99. The van der Waals surface area contributed by atoms with Gasteiger partial charge in [-0.1, -0.05) is 13.8 Å². The fraction of sp³-hybridized carbons (Fsp3) is 0.917. The van der Waals surface area contributed by atoms with Gasteiger partial charge in [-0.05, 0) is 32.7 Å². The molecule has 0 spiro atoms. The molecule has 0 aromatic heterocycles. The monoisotopic (exact) mass is 231 g/mol. The number of ether oxygens (including phenoxy) is 1. The lowest BCUT2D eigenvalue weighted by Crippen LogP contribution is -2.42. The first kappa shape index (κ1) is 15.4. The molecule has 96 valence electrons. The zero-order chi connectivity index (χ0) is 12.6. The fourth-order valence-electron chi connectivity index (χ4n) is 1.14. The maximum atomic E-state index is 11.0. The summed E-state index contributed by atoms with van der Waals surface area (Å²) >= 11 is 0. The molecule has 0 heterocycles. The number of carbonyl (C=O) groups is 1. The van der Waals surface area contributed by atoms with E-state index in [9.17, 15) is 9.90 Å². The molecule has 0 saturated heterocycles. The van der Waals surface area contributed by atoms with Crippen LogP contribution < -0.4 is 5.32 Å². The third-order valence-electron chi connectivity index (χ3n) is 2.77. The lowest BCUT2D eigenvalue weighted by Gasteiger charge is -2.27. The van der Waals surface area contributed by atoms with Crippen molar-refractivity contribution in [2.24, 2.45) is 5.92 Å². The van der Waals surface area contributed by atoms with Crippen LogP contribution in [0.3, 0.4) is 0 Å². The molecule has 1 unspecified atom stereocenters. The molecule has 0 aliphatic carbocycles. The summed E-state index contributed by atoms with van der Waals surface area (Å²) in [7, 11) is 0. The molecule has 1 atom stereocenters. The average Bonchev–Trinajstić information content (AvgIpc) is 2.17. The van der Waals surface area contributed by atoms with E-state index in [1.54, 1.807) is 6.92 Å². The Morgan fingerprint density at radius 1 is 1.50 bits per heavy atom. The van der Waals surface area contributed by atoms with Crippen LogP contribution in [0.2, 0.25) is 0 Å². The van der Waals surface area contributed by atoms with Gasteiger partial charge in [0.15, 0.2) is 0 Å². The summed E-state index contributed by atoms with van der Waals surface area (Å²) in [6, 6.07) is 0. The lowest BCUT2D eigenvalue weighted by molar-refractivity contribution is -0.143. The van der Waals surface area contributed by atoms with Crippen LogP contribution in [-0.2, 0) is 9.53 Å². The molecule has 0 aromatic rings. The number of carbonyl (C=O) groups excluding carboxylic acids is 1. The molecule has 0 aliphatic rings. The minimum atomic E-state index is -0.691. The predicted octanol–water partition coefficient (Wildman–Crippen LogP) is 1.33. The molecule has 16 heavy (non-hydrogen) atoms. The van der Waals surface area contributed by atoms with Crippen molar-refractivity contribution in [1.29, 1.82) is 0 Å². The van der Waals surface area contributed by atoms with Crippen molar-refractivity contribution in [1.82, 2.24) is 5.32 Å². The van der Waals surface area contributed by atoms with Gasteiger partial charge < -0.3 is 15.2 Å². The molecule has 0 bridgehead atoms. The van der Waals surface area contributed by atoms with Gasteiger partial charge in [0.1, 0.15) is 0 Å². The van der Waals surface area contributed by atoms with Crippen molar-refractivity contribution in [2.75, 3.05) is 19.7 Å². The van der Waals surface area contributed by atoms with Crippen LogP contribution in [0.25, 0.3) is 0 Å². The summed E-state index contributed by atoms with van der Waals surface area (Å²) in [6.45, 7) is 9.30. The predicted molar refractivity (Wildman–Crippen MR) is 64.2 cm³/mol. The zero-order valence-electron chi connectivity index (χ0n) is 10.9. The highest BCUT2D eigenvalue weighted by Gasteiger charge is 2.23. The summed E-state index contributed by atoms with van der Waals surface area (Å²) in [5.41, 5.74) is -0.691. The van der Waals surface area contributed by atoms with Gasteiger partial charge in [0.05, 0.1) is 12.2 Å². The van der Waals surface area contributed by atoms with Crippen LogP contribution in [0, 0.1) is 5.92 Å². The van der Waals surface area contributed by atoms with Crippen LogP contribution in [-0.4, -0.2) is 36.4 Å². The summed E-state index contributed by atoms with van der Waals surface area (Å²) in [4.78, 5) is 11.0. The van der Waals surface area contributed by atoms with Crippen molar-refractivity contribution in [3.63, 3.8) is 0 Å². The van der Waals surface area contributed by atoms with E-state index >= 15 is 0 Å². The van der Waals surface area contributed by atoms with E-state index in [4.69, 9.17) is 4.74 Å². The van der Waals surface area contributed by atoms with E-state index < -0.39 is 5.60 Å². The maximum Gasteiger partial charge on any atom is 0.305 e. The van der Waals surface area contributed by atoms with Gasteiger partial charge in [0.25, 0.3) is 0 Å². The van der Waals surface area contributed by atoms with Crippen molar-refractivity contribution < 1.29 is 14.6 Å². The fourth-order valence-corrected chi connectivity index (χ4v) is 1.14. The van der Waals surface area contributed by atoms with E-state index in [1.165, 1.54) is 0 Å². The SMILES string of the molecule is CCOC(=O)CCCNCC(C)(O)C(C)C. The second-order valence-electron chi connectivity index (χ2n) is 4.60. The smallest absolute Gasteiger partial charge is 0.305 e. The Hall–Kier alpha value is -0.610. The summed E-state index contributed by atoms with van der Waals surface area (Å²) in [6.07, 6.45) is 1.18. The molecule has 0 radical (unpaired) electrons. The van der Waals surface area contributed by atoms with Gasteiger partial charge >= 0.3 is 5.97 Å². The van der Waals surface area contributed by atoms with Crippen LogP contribution in [0.15, 0.2) is 0 Å². The molecular formula is C12H25NO3. The Balaban J connectivity index is 3.50. The highest BCUT2D eigenvalue weighted by atomic mass is 16.5. The van der Waals surface area contributed by atoms with Crippen molar-refractivity contribution in [3.05, 3.63) is 0 Å². The van der Waals surface area contributed by atoms with E-state index in [1.807, 2.05) is 20.8 Å². The highest BCUT2D eigenvalue weighted by Crippen LogP contribution is 2.14. The molecule has 0 fully saturated rings. The zero-order valence-corrected chi connectivity index (χ0v) is 10.9. The number of rotatable bonds is 8.